The van der Waals surface area contributed by atoms with Crippen LogP contribution < -0.4 is 10.9 Å². The molecule has 0 aliphatic carbocycles. The Morgan fingerprint density at radius 2 is 2.10 bits per heavy atom. The van der Waals surface area contributed by atoms with Crippen molar-refractivity contribution in [3.63, 3.8) is 0 Å². The zero-order chi connectivity index (χ0) is 14.8. The molecule has 1 aromatic carbocycles. The van der Waals surface area contributed by atoms with Crippen molar-refractivity contribution in [2.24, 2.45) is 0 Å². The summed E-state index contributed by atoms with van der Waals surface area (Å²) >= 11 is 0. The highest BCUT2D eigenvalue weighted by Crippen LogP contribution is 2.14. The second kappa shape index (κ2) is 5.69. The third-order valence-electron chi connectivity index (χ3n) is 3.81. The normalized spacial score (nSPS) is 16.7. The summed E-state index contributed by atoms with van der Waals surface area (Å²) in [5, 5.41) is 3.87. The van der Waals surface area contributed by atoms with Crippen molar-refractivity contribution in [3.8, 4) is 0 Å². The van der Waals surface area contributed by atoms with E-state index in [-0.39, 0.29) is 11.5 Å². The average molecular weight is 285 g/mol. The Bertz CT molecular complexity index is 736. The van der Waals surface area contributed by atoms with Gasteiger partial charge < -0.3 is 10.3 Å². The third-order valence-corrected chi connectivity index (χ3v) is 3.81. The molecule has 21 heavy (non-hydrogen) atoms. The molecule has 0 radical (unpaired) electrons. The SMILES string of the molecule is Cc1ccc2cc(CN3CCCNC(=O)C3)c(=O)[nH]c2c1. The van der Waals surface area contributed by atoms with Gasteiger partial charge in [0.2, 0.25) is 5.91 Å². The fraction of sp³-hybridized carbons (Fsp3) is 0.375. The summed E-state index contributed by atoms with van der Waals surface area (Å²) in [6.07, 6.45) is 0.913. The van der Waals surface area contributed by atoms with Gasteiger partial charge in [-0.1, -0.05) is 12.1 Å². The molecule has 0 saturated carbocycles. The van der Waals surface area contributed by atoms with Crippen molar-refractivity contribution < 1.29 is 4.79 Å². The first-order valence-corrected chi connectivity index (χ1v) is 7.23. The number of benzene rings is 1. The van der Waals surface area contributed by atoms with E-state index in [4.69, 9.17) is 0 Å². The fourth-order valence-corrected chi connectivity index (χ4v) is 2.72. The minimum Gasteiger partial charge on any atom is -0.355 e. The summed E-state index contributed by atoms with van der Waals surface area (Å²) in [6, 6.07) is 7.94. The Balaban J connectivity index is 1.89. The van der Waals surface area contributed by atoms with Crippen LogP contribution in [0.5, 0.6) is 0 Å². The number of hydrogen-bond acceptors (Lipinski definition) is 3. The number of fused-ring (bicyclic) bond motifs is 1. The third kappa shape index (κ3) is 3.13. The fourth-order valence-electron chi connectivity index (χ4n) is 2.72. The number of H-pyrrole nitrogens is 1. The van der Waals surface area contributed by atoms with Gasteiger partial charge in [0, 0.05) is 30.7 Å². The quantitative estimate of drug-likeness (QED) is 0.870. The van der Waals surface area contributed by atoms with Crippen LogP contribution in [0.15, 0.2) is 29.1 Å². The van der Waals surface area contributed by atoms with Gasteiger partial charge in [-0.25, -0.2) is 0 Å². The molecule has 5 heteroatoms. The molecule has 2 N–H and O–H groups in total. The van der Waals surface area contributed by atoms with Crippen molar-refractivity contribution in [1.29, 1.82) is 0 Å². The maximum absolute atomic E-state index is 12.2. The lowest BCUT2D eigenvalue weighted by Gasteiger charge is -2.18. The van der Waals surface area contributed by atoms with Crippen molar-refractivity contribution >= 4 is 16.8 Å². The van der Waals surface area contributed by atoms with Crippen LogP contribution >= 0.6 is 0 Å². The van der Waals surface area contributed by atoms with Gasteiger partial charge in [0.1, 0.15) is 0 Å². The van der Waals surface area contributed by atoms with E-state index in [0.29, 0.717) is 25.2 Å². The first-order valence-electron chi connectivity index (χ1n) is 7.23. The molecular weight excluding hydrogens is 266 g/mol. The van der Waals surface area contributed by atoms with E-state index >= 15 is 0 Å². The Kier molecular flexibility index (Phi) is 3.75. The number of rotatable bonds is 2. The molecule has 0 atom stereocenters. The van der Waals surface area contributed by atoms with Crippen LogP contribution in [0.4, 0.5) is 0 Å². The maximum atomic E-state index is 12.2. The largest absolute Gasteiger partial charge is 0.355 e. The molecule has 1 aliphatic heterocycles. The van der Waals surface area contributed by atoms with Crippen LogP contribution in [0.1, 0.15) is 17.5 Å². The summed E-state index contributed by atoms with van der Waals surface area (Å²) in [5.74, 6) is 0.0281. The lowest BCUT2D eigenvalue weighted by Crippen LogP contribution is -2.34. The van der Waals surface area contributed by atoms with E-state index in [2.05, 4.69) is 10.3 Å². The average Bonchev–Trinajstić information content (AvgIpc) is 2.64. The Hall–Kier alpha value is -2.14. The molecule has 0 unspecified atom stereocenters. The van der Waals surface area contributed by atoms with Gasteiger partial charge in [-0.05, 0) is 36.4 Å². The predicted octanol–water partition coefficient (Wildman–Crippen LogP) is 1.16. The monoisotopic (exact) mass is 285 g/mol. The number of hydrogen-bond donors (Lipinski definition) is 2. The van der Waals surface area contributed by atoms with Crippen LogP contribution in [-0.4, -0.2) is 35.4 Å². The highest BCUT2D eigenvalue weighted by atomic mass is 16.2. The van der Waals surface area contributed by atoms with Crippen molar-refractivity contribution in [2.75, 3.05) is 19.6 Å². The molecule has 1 aliphatic rings. The number of pyridine rings is 1. The van der Waals surface area contributed by atoms with E-state index in [1.807, 2.05) is 36.1 Å². The van der Waals surface area contributed by atoms with Gasteiger partial charge in [-0.2, -0.15) is 0 Å². The number of nitrogens with zero attached hydrogens (tertiary/aromatic N) is 1. The molecule has 0 bridgehead atoms. The number of aromatic amines is 1. The Labute approximate surface area is 123 Å². The van der Waals surface area contributed by atoms with Gasteiger partial charge >= 0.3 is 0 Å². The summed E-state index contributed by atoms with van der Waals surface area (Å²) in [4.78, 5) is 28.7. The van der Waals surface area contributed by atoms with Crippen molar-refractivity contribution in [1.82, 2.24) is 15.2 Å². The molecule has 5 nitrogen and oxygen atoms in total. The zero-order valence-electron chi connectivity index (χ0n) is 12.1. The molecule has 2 aromatic rings. The number of amides is 1. The summed E-state index contributed by atoms with van der Waals surface area (Å²) in [5.41, 5.74) is 2.62. The van der Waals surface area contributed by atoms with Gasteiger partial charge in [-0.3, -0.25) is 14.5 Å². The van der Waals surface area contributed by atoms with E-state index in [9.17, 15) is 9.59 Å². The van der Waals surface area contributed by atoms with Crippen LogP contribution in [0.2, 0.25) is 0 Å². The highest BCUT2D eigenvalue weighted by Gasteiger charge is 2.16. The van der Waals surface area contributed by atoms with Crippen LogP contribution in [0.3, 0.4) is 0 Å². The summed E-state index contributed by atoms with van der Waals surface area (Å²) < 4.78 is 0. The Morgan fingerprint density at radius 3 is 2.95 bits per heavy atom. The molecule has 3 rings (SSSR count). The van der Waals surface area contributed by atoms with Crippen molar-refractivity contribution in [2.45, 2.75) is 19.9 Å². The second-order valence-electron chi connectivity index (χ2n) is 5.63. The summed E-state index contributed by atoms with van der Waals surface area (Å²) in [7, 11) is 0. The van der Waals surface area contributed by atoms with Crippen molar-refractivity contribution in [3.05, 3.63) is 45.7 Å². The van der Waals surface area contributed by atoms with Gasteiger partial charge in [0.05, 0.1) is 6.54 Å². The van der Waals surface area contributed by atoms with E-state index in [0.717, 1.165) is 29.4 Å². The van der Waals surface area contributed by atoms with Gasteiger partial charge in [-0.15, -0.1) is 0 Å². The topological polar surface area (TPSA) is 65.2 Å². The molecule has 110 valence electrons. The molecule has 1 aromatic heterocycles. The maximum Gasteiger partial charge on any atom is 0.252 e. The first-order chi connectivity index (χ1) is 10.1. The molecule has 2 heterocycles. The Morgan fingerprint density at radius 1 is 1.24 bits per heavy atom. The van der Waals surface area contributed by atoms with Crippen LogP contribution in [-0.2, 0) is 11.3 Å². The molecular formula is C16H19N3O2. The number of nitrogens with one attached hydrogen (secondary N) is 2. The van der Waals surface area contributed by atoms with Crippen LogP contribution in [0.25, 0.3) is 10.9 Å². The van der Waals surface area contributed by atoms with Gasteiger partial charge in [0.15, 0.2) is 0 Å². The van der Waals surface area contributed by atoms with E-state index in [1.54, 1.807) is 0 Å². The highest BCUT2D eigenvalue weighted by molar-refractivity contribution is 5.80. The lowest BCUT2D eigenvalue weighted by molar-refractivity contribution is -0.121. The number of carbonyl (C=O) groups is 1. The minimum absolute atomic E-state index is 0.0281. The van der Waals surface area contributed by atoms with E-state index < -0.39 is 0 Å². The standard InChI is InChI=1S/C16H19N3O2/c1-11-3-4-12-8-13(16(21)18-14(12)7-11)9-19-6-2-5-17-15(20)10-19/h3-4,7-8H,2,5-6,9-10H2,1H3,(H,17,20)(H,18,21). The zero-order valence-corrected chi connectivity index (χ0v) is 12.1. The van der Waals surface area contributed by atoms with Crippen LogP contribution in [0, 0.1) is 6.92 Å². The minimum atomic E-state index is -0.0715. The molecule has 1 amide bonds. The number of aryl methyl sites for hydroxylation is 1. The van der Waals surface area contributed by atoms with E-state index in [1.165, 1.54) is 0 Å². The predicted molar refractivity (Wildman–Crippen MR) is 82.2 cm³/mol. The number of aromatic nitrogens is 1. The first kappa shape index (κ1) is 13.8. The number of carbonyl (C=O) groups excluding carboxylic acids is 1. The van der Waals surface area contributed by atoms with Gasteiger partial charge in [0.25, 0.3) is 5.56 Å². The molecule has 1 saturated heterocycles. The molecule has 0 spiro atoms. The smallest absolute Gasteiger partial charge is 0.252 e. The summed E-state index contributed by atoms with van der Waals surface area (Å²) in [6.45, 7) is 4.40. The molecule has 1 fully saturated rings. The lowest BCUT2D eigenvalue weighted by atomic mass is 10.1. The second-order valence-corrected chi connectivity index (χ2v) is 5.63.